The molecule has 0 radical (unpaired) electrons. The fourth-order valence-corrected chi connectivity index (χ4v) is 2.23. The molecule has 0 aliphatic carbocycles. The quantitative estimate of drug-likeness (QED) is 0.767. The first-order valence-corrected chi connectivity index (χ1v) is 6.89. The monoisotopic (exact) mass is 294 g/mol. The van der Waals surface area contributed by atoms with E-state index in [1.807, 2.05) is 24.3 Å². The molecular formula is C15H16Cl2N2. The van der Waals surface area contributed by atoms with E-state index in [1.165, 1.54) is 5.56 Å². The number of pyridine rings is 1. The van der Waals surface area contributed by atoms with E-state index in [2.05, 4.69) is 36.0 Å². The molecule has 1 atom stereocenters. The number of benzene rings is 1. The lowest BCUT2D eigenvalue weighted by atomic mass is 10.1. The van der Waals surface area contributed by atoms with Crippen LogP contribution in [-0.4, -0.2) is 16.9 Å². The molecule has 1 aromatic carbocycles. The zero-order valence-electron chi connectivity index (χ0n) is 11.0. The Bertz CT molecular complexity index is 540. The molecule has 1 heterocycles. The average molecular weight is 295 g/mol. The standard InChI is InChI=1S/C15H16Cl2N2/c1-11(12-6-8-13(16)9-7-12)19(2)10-14-4-3-5-15(17)18-14/h3-9,11H,10H2,1-2H3. The van der Waals surface area contributed by atoms with Crippen molar-refractivity contribution < 1.29 is 0 Å². The summed E-state index contributed by atoms with van der Waals surface area (Å²) in [5.74, 6) is 0. The molecule has 4 heteroatoms. The molecule has 0 aliphatic heterocycles. The van der Waals surface area contributed by atoms with Gasteiger partial charge >= 0.3 is 0 Å². The summed E-state index contributed by atoms with van der Waals surface area (Å²) in [6.07, 6.45) is 0. The maximum absolute atomic E-state index is 5.90. The third-order valence-corrected chi connectivity index (χ3v) is 3.66. The van der Waals surface area contributed by atoms with Crippen molar-refractivity contribution in [2.45, 2.75) is 19.5 Å². The van der Waals surface area contributed by atoms with Crippen LogP contribution in [0.15, 0.2) is 42.5 Å². The largest absolute Gasteiger partial charge is 0.294 e. The molecule has 0 saturated heterocycles. The van der Waals surface area contributed by atoms with Crippen molar-refractivity contribution in [3.8, 4) is 0 Å². The normalized spacial score (nSPS) is 12.7. The smallest absolute Gasteiger partial charge is 0.129 e. The van der Waals surface area contributed by atoms with Crippen molar-refractivity contribution >= 4 is 23.2 Å². The summed E-state index contributed by atoms with van der Waals surface area (Å²) in [4.78, 5) is 6.53. The lowest BCUT2D eigenvalue weighted by molar-refractivity contribution is 0.250. The molecule has 0 fully saturated rings. The van der Waals surface area contributed by atoms with Crippen LogP contribution in [0.4, 0.5) is 0 Å². The van der Waals surface area contributed by atoms with Crippen LogP contribution < -0.4 is 0 Å². The molecule has 19 heavy (non-hydrogen) atoms. The molecule has 1 unspecified atom stereocenters. The number of hydrogen-bond donors (Lipinski definition) is 0. The van der Waals surface area contributed by atoms with Gasteiger partial charge in [0, 0.05) is 17.6 Å². The fourth-order valence-electron chi connectivity index (χ4n) is 1.93. The fraction of sp³-hybridized carbons (Fsp3) is 0.267. The number of aromatic nitrogens is 1. The number of rotatable bonds is 4. The summed E-state index contributed by atoms with van der Waals surface area (Å²) >= 11 is 11.8. The van der Waals surface area contributed by atoms with Crippen LogP contribution in [0.25, 0.3) is 0 Å². The molecule has 0 aliphatic rings. The van der Waals surface area contributed by atoms with E-state index in [4.69, 9.17) is 23.2 Å². The molecule has 2 nitrogen and oxygen atoms in total. The highest BCUT2D eigenvalue weighted by atomic mass is 35.5. The summed E-state index contributed by atoms with van der Waals surface area (Å²) in [5.41, 5.74) is 2.20. The van der Waals surface area contributed by atoms with Gasteiger partial charge in [0.1, 0.15) is 5.15 Å². The molecule has 0 bridgehead atoms. The Kier molecular flexibility index (Phi) is 4.81. The molecule has 0 spiro atoms. The Morgan fingerprint density at radius 1 is 1.11 bits per heavy atom. The minimum atomic E-state index is 0.290. The summed E-state index contributed by atoms with van der Waals surface area (Å²) in [5, 5.41) is 1.29. The third kappa shape index (κ3) is 3.93. The first-order chi connectivity index (χ1) is 9.06. The van der Waals surface area contributed by atoms with Gasteiger partial charge in [0.05, 0.1) is 5.69 Å². The Hall–Kier alpha value is -1.09. The summed E-state index contributed by atoms with van der Waals surface area (Å²) in [6.45, 7) is 2.91. The number of nitrogens with zero attached hydrogens (tertiary/aromatic N) is 2. The van der Waals surface area contributed by atoms with Crippen molar-refractivity contribution in [3.63, 3.8) is 0 Å². The molecule has 0 N–H and O–H groups in total. The van der Waals surface area contributed by atoms with E-state index in [0.717, 1.165) is 17.3 Å². The highest BCUT2D eigenvalue weighted by Crippen LogP contribution is 2.22. The van der Waals surface area contributed by atoms with Crippen LogP contribution in [0.3, 0.4) is 0 Å². The van der Waals surface area contributed by atoms with Crippen molar-refractivity contribution in [2.24, 2.45) is 0 Å². The Labute approximate surface area is 124 Å². The van der Waals surface area contributed by atoms with Crippen LogP contribution in [0.2, 0.25) is 10.2 Å². The molecule has 2 rings (SSSR count). The number of hydrogen-bond acceptors (Lipinski definition) is 2. The number of halogens is 2. The average Bonchev–Trinajstić information content (AvgIpc) is 2.39. The topological polar surface area (TPSA) is 16.1 Å². The van der Waals surface area contributed by atoms with E-state index in [-0.39, 0.29) is 6.04 Å². The van der Waals surface area contributed by atoms with Crippen molar-refractivity contribution in [1.29, 1.82) is 0 Å². The zero-order valence-corrected chi connectivity index (χ0v) is 12.5. The highest BCUT2D eigenvalue weighted by molar-refractivity contribution is 6.30. The maximum Gasteiger partial charge on any atom is 0.129 e. The molecule has 2 aromatic rings. The van der Waals surface area contributed by atoms with Crippen molar-refractivity contribution in [1.82, 2.24) is 9.88 Å². The molecule has 0 amide bonds. The Morgan fingerprint density at radius 3 is 2.42 bits per heavy atom. The van der Waals surface area contributed by atoms with Gasteiger partial charge in [-0.05, 0) is 43.8 Å². The van der Waals surface area contributed by atoms with Crippen molar-refractivity contribution in [2.75, 3.05) is 7.05 Å². The first-order valence-electron chi connectivity index (χ1n) is 6.13. The van der Waals surface area contributed by atoms with Crippen LogP contribution in [0.1, 0.15) is 24.2 Å². The Balaban J connectivity index is 2.07. The molecule has 0 saturated carbocycles. The van der Waals surface area contributed by atoms with Crippen molar-refractivity contribution in [3.05, 3.63) is 63.9 Å². The van der Waals surface area contributed by atoms with Crippen LogP contribution >= 0.6 is 23.2 Å². The second kappa shape index (κ2) is 6.38. The minimum Gasteiger partial charge on any atom is -0.294 e. The van der Waals surface area contributed by atoms with E-state index >= 15 is 0 Å². The van der Waals surface area contributed by atoms with Gasteiger partial charge in [-0.2, -0.15) is 0 Å². The third-order valence-electron chi connectivity index (χ3n) is 3.20. The van der Waals surface area contributed by atoms with Crippen LogP contribution in [0.5, 0.6) is 0 Å². The van der Waals surface area contributed by atoms with Gasteiger partial charge in [-0.15, -0.1) is 0 Å². The van der Waals surface area contributed by atoms with E-state index in [0.29, 0.717) is 5.15 Å². The zero-order chi connectivity index (χ0) is 13.8. The van der Waals surface area contributed by atoms with E-state index < -0.39 is 0 Å². The summed E-state index contributed by atoms with van der Waals surface area (Å²) in [6, 6.07) is 13.9. The van der Waals surface area contributed by atoms with Gasteiger partial charge in [-0.25, -0.2) is 4.98 Å². The molecule has 100 valence electrons. The van der Waals surface area contributed by atoms with E-state index in [1.54, 1.807) is 6.07 Å². The van der Waals surface area contributed by atoms with Gasteiger partial charge in [0.25, 0.3) is 0 Å². The second-order valence-corrected chi connectivity index (χ2v) is 5.42. The molecule has 1 aromatic heterocycles. The van der Waals surface area contributed by atoms with Gasteiger partial charge in [-0.1, -0.05) is 41.4 Å². The summed E-state index contributed by atoms with van der Waals surface area (Å²) in [7, 11) is 2.07. The lowest BCUT2D eigenvalue weighted by Gasteiger charge is -2.24. The second-order valence-electron chi connectivity index (χ2n) is 4.59. The first kappa shape index (κ1) is 14.3. The summed E-state index contributed by atoms with van der Waals surface area (Å²) < 4.78 is 0. The SMILES string of the molecule is CC(c1ccc(Cl)cc1)N(C)Cc1cccc(Cl)n1. The highest BCUT2D eigenvalue weighted by Gasteiger charge is 2.12. The van der Waals surface area contributed by atoms with Gasteiger partial charge < -0.3 is 0 Å². The van der Waals surface area contributed by atoms with Gasteiger partial charge in [-0.3, -0.25) is 4.90 Å². The maximum atomic E-state index is 5.90. The van der Waals surface area contributed by atoms with E-state index in [9.17, 15) is 0 Å². The van der Waals surface area contributed by atoms with Crippen LogP contribution in [-0.2, 0) is 6.54 Å². The van der Waals surface area contributed by atoms with Gasteiger partial charge in [0.15, 0.2) is 0 Å². The minimum absolute atomic E-state index is 0.290. The predicted octanol–water partition coefficient (Wildman–Crippen LogP) is 4.58. The molecular weight excluding hydrogens is 279 g/mol. The lowest BCUT2D eigenvalue weighted by Crippen LogP contribution is -2.22. The Morgan fingerprint density at radius 2 is 1.79 bits per heavy atom. The predicted molar refractivity (Wildman–Crippen MR) is 80.6 cm³/mol. The van der Waals surface area contributed by atoms with Crippen LogP contribution in [0, 0.1) is 0 Å². The van der Waals surface area contributed by atoms with Gasteiger partial charge in [0.2, 0.25) is 0 Å².